The SMILES string of the molecule is NC(Cc1ccc2c(c1)CCC2)c1ccncc1Cl. The van der Waals surface area contributed by atoms with Crippen molar-refractivity contribution in [2.45, 2.75) is 31.7 Å². The summed E-state index contributed by atoms with van der Waals surface area (Å²) in [5.41, 5.74) is 11.5. The molecule has 1 heterocycles. The number of rotatable bonds is 3. The first-order valence-corrected chi connectivity index (χ1v) is 7.07. The summed E-state index contributed by atoms with van der Waals surface area (Å²) < 4.78 is 0. The molecule has 2 aromatic rings. The van der Waals surface area contributed by atoms with Crippen LogP contribution in [0.1, 0.15) is 34.7 Å². The molecule has 19 heavy (non-hydrogen) atoms. The van der Waals surface area contributed by atoms with Gasteiger partial charge in [0.1, 0.15) is 0 Å². The van der Waals surface area contributed by atoms with Crippen molar-refractivity contribution in [3.8, 4) is 0 Å². The Morgan fingerprint density at radius 2 is 2.05 bits per heavy atom. The highest BCUT2D eigenvalue weighted by Gasteiger charge is 2.14. The highest BCUT2D eigenvalue weighted by molar-refractivity contribution is 6.31. The molecule has 1 atom stereocenters. The summed E-state index contributed by atoms with van der Waals surface area (Å²) in [6, 6.07) is 8.57. The molecule has 2 N–H and O–H groups in total. The second kappa shape index (κ2) is 5.32. The Morgan fingerprint density at radius 3 is 2.89 bits per heavy atom. The van der Waals surface area contributed by atoms with E-state index in [0.717, 1.165) is 12.0 Å². The summed E-state index contributed by atoms with van der Waals surface area (Å²) in [7, 11) is 0. The zero-order valence-corrected chi connectivity index (χ0v) is 11.5. The largest absolute Gasteiger partial charge is 0.324 e. The van der Waals surface area contributed by atoms with Crippen LogP contribution < -0.4 is 5.73 Å². The summed E-state index contributed by atoms with van der Waals surface area (Å²) in [5, 5.41) is 0.649. The van der Waals surface area contributed by atoms with E-state index in [4.69, 9.17) is 17.3 Å². The number of aromatic nitrogens is 1. The standard InChI is InChI=1S/C16H17ClN2/c17-15-10-19-7-6-14(15)16(18)9-11-4-5-12-2-1-3-13(12)8-11/h4-8,10,16H,1-3,9,18H2. The maximum Gasteiger partial charge on any atom is 0.0637 e. The van der Waals surface area contributed by atoms with Crippen LogP contribution >= 0.6 is 11.6 Å². The third-order valence-electron chi connectivity index (χ3n) is 3.82. The zero-order valence-electron chi connectivity index (χ0n) is 10.8. The van der Waals surface area contributed by atoms with Crippen LogP contribution in [-0.2, 0) is 19.3 Å². The van der Waals surface area contributed by atoms with Gasteiger partial charge in [0.2, 0.25) is 0 Å². The Morgan fingerprint density at radius 1 is 1.21 bits per heavy atom. The fraction of sp³-hybridized carbons (Fsp3) is 0.312. The van der Waals surface area contributed by atoms with Gasteiger partial charge in [-0.05, 0) is 54.0 Å². The van der Waals surface area contributed by atoms with E-state index in [2.05, 4.69) is 23.2 Å². The molecule has 1 aromatic carbocycles. The minimum absolute atomic E-state index is 0.0741. The van der Waals surface area contributed by atoms with Crippen LogP contribution in [0.25, 0.3) is 0 Å². The summed E-state index contributed by atoms with van der Waals surface area (Å²) >= 11 is 6.14. The number of fused-ring (bicyclic) bond motifs is 1. The van der Waals surface area contributed by atoms with Crippen molar-refractivity contribution in [2.24, 2.45) is 5.73 Å². The average molecular weight is 273 g/mol. The lowest BCUT2D eigenvalue weighted by Gasteiger charge is -2.14. The Labute approximate surface area is 118 Å². The van der Waals surface area contributed by atoms with Crippen molar-refractivity contribution in [3.05, 3.63) is 63.9 Å². The molecule has 3 rings (SSSR count). The van der Waals surface area contributed by atoms with Crippen LogP contribution in [0.5, 0.6) is 0 Å². The van der Waals surface area contributed by atoms with Gasteiger partial charge in [0.25, 0.3) is 0 Å². The lowest BCUT2D eigenvalue weighted by atomic mass is 9.98. The number of pyridine rings is 1. The van der Waals surface area contributed by atoms with Crippen LogP contribution in [-0.4, -0.2) is 4.98 Å². The van der Waals surface area contributed by atoms with Crippen molar-refractivity contribution >= 4 is 11.6 Å². The van der Waals surface area contributed by atoms with Crippen LogP contribution in [0.2, 0.25) is 5.02 Å². The van der Waals surface area contributed by atoms with Crippen molar-refractivity contribution in [1.82, 2.24) is 4.98 Å². The van der Waals surface area contributed by atoms with Crippen LogP contribution in [0.15, 0.2) is 36.7 Å². The Bertz CT molecular complexity index is 595. The molecule has 0 fully saturated rings. The van der Waals surface area contributed by atoms with Crippen molar-refractivity contribution in [1.29, 1.82) is 0 Å². The van der Waals surface area contributed by atoms with E-state index in [-0.39, 0.29) is 6.04 Å². The smallest absolute Gasteiger partial charge is 0.0637 e. The normalized spacial score (nSPS) is 15.3. The quantitative estimate of drug-likeness (QED) is 0.929. The molecule has 2 nitrogen and oxygen atoms in total. The van der Waals surface area contributed by atoms with E-state index in [1.165, 1.54) is 36.0 Å². The number of aryl methyl sites for hydroxylation is 2. The molecule has 1 aromatic heterocycles. The van der Waals surface area contributed by atoms with E-state index >= 15 is 0 Å². The minimum Gasteiger partial charge on any atom is -0.324 e. The summed E-state index contributed by atoms with van der Waals surface area (Å²) in [6.45, 7) is 0. The average Bonchev–Trinajstić information content (AvgIpc) is 2.86. The molecule has 98 valence electrons. The zero-order chi connectivity index (χ0) is 13.2. The van der Waals surface area contributed by atoms with Crippen molar-refractivity contribution < 1.29 is 0 Å². The van der Waals surface area contributed by atoms with Gasteiger partial charge in [0.15, 0.2) is 0 Å². The molecule has 1 unspecified atom stereocenters. The van der Waals surface area contributed by atoms with Gasteiger partial charge in [0.05, 0.1) is 5.02 Å². The maximum atomic E-state index is 6.26. The van der Waals surface area contributed by atoms with E-state index in [9.17, 15) is 0 Å². The predicted molar refractivity (Wildman–Crippen MR) is 78.3 cm³/mol. The number of hydrogen-bond acceptors (Lipinski definition) is 2. The predicted octanol–water partition coefficient (Wildman–Crippen LogP) is 3.47. The Kier molecular flexibility index (Phi) is 3.54. The first-order chi connectivity index (χ1) is 9.24. The van der Waals surface area contributed by atoms with Gasteiger partial charge >= 0.3 is 0 Å². The topological polar surface area (TPSA) is 38.9 Å². The molecular weight excluding hydrogens is 256 g/mol. The molecule has 0 bridgehead atoms. The van der Waals surface area contributed by atoms with Gasteiger partial charge in [0, 0.05) is 18.4 Å². The summed E-state index contributed by atoms with van der Waals surface area (Å²) in [6.07, 6.45) is 7.91. The molecule has 3 heteroatoms. The van der Waals surface area contributed by atoms with Gasteiger partial charge in [-0.1, -0.05) is 29.8 Å². The second-order valence-corrected chi connectivity index (χ2v) is 5.57. The van der Waals surface area contributed by atoms with E-state index in [1.54, 1.807) is 12.4 Å². The Balaban J connectivity index is 1.80. The van der Waals surface area contributed by atoms with Gasteiger partial charge < -0.3 is 5.73 Å². The number of halogens is 1. The lowest BCUT2D eigenvalue weighted by Crippen LogP contribution is -2.14. The molecule has 1 aliphatic rings. The van der Waals surface area contributed by atoms with Gasteiger partial charge in [-0.2, -0.15) is 0 Å². The molecule has 0 amide bonds. The van der Waals surface area contributed by atoms with E-state index in [0.29, 0.717) is 5.02 Å². The van der Waals surface area contributed by atoms with Gasteiger partial charge in [-0.25, -0.2) is 0 Å². The molecule has 0 saturated heterocycles. The molecule has 0 spiro atoms. The van der Waals surface area contributed by atoms with Gasteiger partial charge in [-0.15, -0.1) is 0 Å². The second-order valence-electron chi connectivity index (χ2n) is 5.16. The first kappa shape index (κ1) is 12.6. The van der Waals surface area contributed by atoms with Gasteiger partial charge in [-0.3, -0.25) is 4.98 Å². The highest BCUT2D eigenvalue weighted by atomic mass is 35.5. The van der Waals surface area contributed by atoms with E-state index < -0.39 is 0 Å². The third kappa shape index (κ3) is 2.65. The molecule has 0 radical (unpaired) electrons. The fourth-order valence-electron chi connectivity index (χ4n) is 2.80. The summed E-state index contributed by atoms with van der Waals surface area (Å²) in [4.78, 5) is 3.99. The first-order valence-electron chi connectivity index (χ1n) is 6.70. The van der Waals surface area contributed by atoms with E-state index in [1.807, 2.05) is 6.07 Å². The van der Waals surface area contributed by atoms with Crippen LogP contribution in [0, 0.1) is 0 Å². The van der Waals surface area contributed by atoms with Crippen LogP contribution in [0.4, 0.5) is 0 Å². The third-order valence-corrected chi connectivity index (χ3v) is 4.14. The summed E-state index contributed by atoms with van der Waals surface area (Å²) in [5.74, 6) is 0. The number of hydrogen-bond donors (Lipinski definition) is 1. The van der Waals surface area contributed by atoms with Crippen molar-refractivity contribution in [3.63, 3.8) is 0 Å². The number of benzene rings is 1. The maximum absolute atomic E-state index is 6.26. The molecular formula is C16H17ClN2. The molecule has 0 saturated carbocycles. The molecule has 1 aliphatic carbocycles. The monoisotopic (exact) mass is 272 g/mol. The fourth-order valence-corrected chi connectivity index (χ4v) is 3.06. The molecule has 0 aliphatic heterocycles. The highest BCUT2D eigenvalue weighted by Crippen LogP contribution is 2.26. The Hall–Kier alpha value is -1.38. The lowest BCUT2D eigenvalue weighted by molar-refractivity contribution is 0.720. The number of nitrogens with two attached hydrogens (primary N) is 1. The van der Waals surface area contributed by atoms with Crippen LogP contribution in [0.3, 0.4) is 0 Å². The minimum atomic E-state index is -0.0741. The van der Waals surface area contributed by atoms with Crippen molar-refractivity contribution in [2.75, 3.05) is 0 Å². The number of nitrogens with zero attached hydrogens (tertiary/aromatic N) is 1.